The molecule has 0 bridgehead atoms. The van der Waals surface area contributed by atoms with Crippen molar-refractivity contribution in [3.05, 3.63) is 15.6 Å². The Kier molecular flexibility index (Phi) is 5.02. The highest BCUT2D eigenvalue weighted by Gasteiger charge is 2.41. The third-order valence-corrected chi connectivity index (χ3v) is 5.79. The summed E-state index contributed by atoms with van der Waals surface area (Å²) in [6, 6.07) is 0. The molecule has 1 heterocycles. The first-order valence-corrected chi connectivity index (χ1v) is 8.67. The molecular formula is C16H28N2S. The van der Waals surface area contributed by atoms with Crippen LogP contribution in [0.1, 0.15) is 68.5 Å². The second-order valence-corrected chi connectivity index (χ2v) is 7.12. The van der Waals surface area contributed by atoms with Gasteiger partial charge in [-0.05, 0) is 45.1 Å². The quantitative estimate of drug-likeness (QED) is 0.863. The number of aryl methyl sites for hydroxylation is 2. The number of nitrogens with one attached hydrogen (secondary N) is 1. The van der Waals surface area contributed by atoms with Gasteiger partial charge in [0.2, 0.25) is 0 Å². The third-order valence-electron chi connectivity index (χ3n) is 4.60. The van der Waals surface area contributed by atoms with Crippen molar-refractivity contribution < 1.29 is 0 Å². The SMILES string of the molecule is CCCNC1(c2nc(CC)c(C)s2)CCCCC1C. The van der Waals surface area contributed by atoms with Crippen LogP contribution in [-0.4, -0.2) is 11.5 Å². The van der Waals surface area contributed by atoms with Crippen LogP contribution in [0.2, 0.25) is 0 Å². The molecule has 0 radical (unpaired) electrons. The summed E-state index contributed by atoms with van der Waals surface area (Å²) >= 11 is 1.92. The van der Waals surface area contributed by atoms with Crippen LogP contribution in [0.15, 0.2) is 0 Å². The number of hydrogen-bond acceptors (Lipinski definition) is 3. The van der Waals surface area contributed by atoms with Crippen molar-refractivity contribution in [2.75, 3.05) is 6.54 Å². The molecule has 0 aliphatic heterocycles. The fraction of sp³-hybridized carbons (Fsp3) is 0.812. The van der Waals surface area contributed by atoms with Crippen molar-refractivity contribution in [1.29, 1.82) is 0 Å². The van der Waals surface area contributed by atoms with Gasteiger partial charge in [-0.2, -0.15) is 0 Å². The summed E-state index contributed by atoms with van der Waals surface area (Å²) in [5.41, 5.74) is 1.45. The Morgan fingerprint density at radius 2 is 2.16 bits per heavy atom. The number of nitrogens with zero attached hydrogens (tertiary/aromatic N) is 1. The lowest BCUT2D eigenvalue weighted by Crippen LogP contribution is -2.49. The molecule has 2 atom stereocenters. The van der Waals surface area contributed by atoms with Crippen LogP contribution in [0.3, 0.4) is 0 Å². The summed E-state index contributed by atoms with van der Waals surface area (Å²) in [4.78, 5) is 6.39. The molecule has 108 valence electrons. The Morgan fingerprint density at radius 3 is 2.74 bits per heavy atom. The second-order valence-electron chi connectivity index (χ2n) is 5.92. The summed E-state index contributed by atoms with van der Waals surface area (Å²) in [5, 5.41) is 5.21. The molecule has 2 rings (SSSR count). The van der Waals surface area contributed by atoms with Gasteiger partial charge >= 0.3 is 0 Å². The monoisotopic (exact) mass is 280 g/mol. The Hall–Kier alpha value is -0.410. The molecule has 3 heteroatoms. The molecule has 1 N–H and O–H groups in total. The van der Waals surface area contributed by atoms with Gasteiger partial charge in [-0.1, -0.05) is 33.6 Å². The van der Waals surface area contributed by atoms with E-state index in [1.54, 1.807) is 0 Å². The number of aromatic nitrogens is 1. The molecule has 0 amide bonds. The zero-order valence-corrected chi connectivity index (χ0v) is 13.7. The molecule has 1 saturated carbocycles. The standard InChI is InChI=1S/C16H28N2S/c1-5-11-17-16(10-8-7-9-12(16)3)15-18-14(6-2)13(4)19-15/h12,17H,5-11H2,1-4H3. The fourth-order valence-electron chi connectivity index (χ4n) is 3.30. The van der Waals surface area contributed by atoms with Gasteiger partial charge in [0.25, 0.3) is 0 Å². The Morgan fingerprint density at radius 1 is 1.37 bits per heavy atom. The van der Waals surface area contributed by atoms with Crippen molar-refractivity contribution >= 4 is 11.3 Å². The summed E-state index contributed by atoms with van der Waals surface area (Å²) in [7, 11) is 0. The van der Waals surface area contributed by atoms with E-state index in [4.69, 9.17) is 4.98 Å². The zero-order valence-electron chi connectivity index (χ0n) is 12.9. The topological polar surface area (TPSA) is 24.9 Å². The smallest absolute Gasteiger partial charge is 0.114 e. The molecule has 19 heavy (non-hydrogen) atoms. The molecule has 1 aliphatic rings. The van der Waals surface area contributed by atoms with Crippen molar-refractivity contribution in [3.63, 3.8) is 0 Å². The van der Waals surface area contributed by atoms with E-state index in [-0.39, 0.29) is 5.54 Å². The minimum Gasteiger partial charge on any atom is -0.305 e. The summed E-state index contributed by atoms with van der Waals surface area (Å²) in [5.74, 6) is 0.697. The van der Waals surface area contributed by atoms with Gasteiger partial charge in [0.1, 0.15) is 5.01 Å². The van der Waals surface area contributed by atoms with Gasteiger partial charge in [0.15, 0.2) is 0 Å². The van der Waals surface area contributed by atoms with Crippen molar-refractivity contribution in [2.24, 2.45) is 5.92 Å². The molecule has 0 saturated heterocycles. The maximum absolute atomic E-state index is 4.98. The van der Waals surface area contributed by atoms with Crippen LogP contribution < -0.4 is 5.32 Å². The van der Waals surface area contributed by atoms with Gasteiger partial charge in [-0.15, -0.1) is 11.3 Å². The first kappa shape index (κ1) is 15.0. The van der Waals surface area contributed by atoms with E-state index in [2.05, 4.69) is 33.0 Å². The van der Waals surface area contributed by atoms with Crippen LogP contribution in [0.4, 0.5) is 0 Å². The van der Waals surface area contributed by atoms with Crippen LogP contribution in [-0.2, 0) is 12.0 Å². The van der Waals surface area contributed by atoms with Crippen molar-refractivity contribution in [2.45, 2.75) is 71.8 Å². The predicted molar refractivity (Wildman–Crippen MR) is 83.8 cm³/mol. The largest absolute Gasteiger partial charge is 0.305 e. The lowest BCUT2D eigenvalue weighted by molar-refractivity contribution is 0.153. The van der Waals surface area contributed by atoms with E-state index in [1.165, 1.54) is 47.7 Å². The molecule has 1 fully saturated rings. The molecule has 1 aromatic rings. The lowest BCUT2D eigenvalue weighted by Gasteiger charge is -2.42. The van der Waals surface area contributed by atoms with Crippen molar-refractivity contribution in [3.8, 4) is 0 Å². The average Bonchev–Trinajstić information content (AvgIpc) is 2.80. The first-order chi connectivity index (χ1) is 9.14. The highest BCUT2D eigenvalue weighted by Crippen LogP contribution is 2.43. The molecule has 1 aromatic heterocycles. The Bertz CT molecular complexity index is 413. The van der Waals surface area contributed by atoms with Crippen LogP contribution in [0.25, 0.3) is 0 Å². The van der Waals surface area contributed by atoms with Crippen LogP contribution in [0, 0.1) is 12.8 Å². The molecular weight excluding hydrogens is 252 g/mol. The van der Waals surface area contributed by atoms with E-state index in [9.17, 15) is 0 Å². The van der Waals surface area contributed by atoms with Gasteiger partial charge < -0.3 is 5.32 Å². The Labute approximate surface area is 122 Å². The van der Waals surface area contributed by atoms with E-state index >= 15 is 0 Å². The number of thiazole rings is 1. The first-order valence-electron chi connectivity index (χ1n) is 7.85. The molecule has 0 spiro atoms. The highest BCUT2D eigenvalue weighted by molar-refractivity contribution is 7.11. The van der Waals surface area contributed by atoms with Crippen molar-refractivity contribution in [1.82, 2.24) is 10.3 Å². The molecule has 1 aliphatic carbocycles. The maximum Gasteiger partial charge on any atom is 0.114 e. The minimum absolute atomic E-state index is 0.150. The predicted octanol–water partition coefficient (Wildman–Crippen LogP) is 4.42. The number of rotatable bonds is 5. The molecule has 2 unspecified atom stereocenters. The normalized spacial score (nSPS) is 27.7. The zero-order chi connectivity index (χ0) is 13.9. The van der Waals surface area contributed by atoms with Gasteiger partial charge in [0.05, 0.1) is 11.2 Å². The third kappa shape index (κ3) is 2.87. The van der Waals surface area contributed by atoms with E-state index in [0.717, 1.165) is 13.0 Å². The molecule has 2 nitrogen and oxygen atoms in total. The molecule has 0 aromatic carbocycles. The summed E-state index contributed by atoms with van der Waals surface area (Å²) < 4.78 is 0. The van der Waals surface area contributed by atoms with E-state index < -0.39 is 0 Å². The van der Waals surface area contributed by atoms with E-state index in [0.29, 0.717) is 5.92 Å². The van der Waals surface area contributed by atoms with Crippen LogP contribution in [0.5, 0.6) is 0 Å². The second kappa shape index (κ2) is 6.36. The average molecular weight is 280 g/mol. The maximum atomic E-state index is 4.98. The summed E-state index contributed by atoms with van der Waals surface area (Å²) in [6.07, 6.45) is 7.55. The highest BCUT2D eigenvalue weighted by atomic mass is 32.1. The van der Waals surface area contributed by atoms with Gasteiger partial charge in [0, 0.05) is 4.88 Å². The lowest BCUT2D eigenvalue weighted by atomic mass is 9.74. The van der Waals surface area contributed by atoms with Gasteiger partial charge in [-0.3, -0.25) is 0 Å². The summed E-state index contributed by atoms with van der Waals surface area (Å²) in [6.45, 7) is 10.2. The fourth-order valence-corrected chi connectivity index (χ4v) is 4.61. The van der Waals surface area contributed by atoms with Gasteiger partial charge in [-0.25, -0.2) is 4.98 Å². The Balaban J connectivity index is 2.34. The van der Waals surface area contributed by atoms with Crippen LogP contribution >= 0.6 is 11.3 Å². The number of hydrogen-bond donors (Lipinski definition) is 1. The minimum atomic E-state index is 0.150. The van der Waals surface area contributed by atoms with E-state index in [1.807, 2.05) is 11.3 Å².